The van der Waals surface area contributed by atoms with E-state index in [1.54, 1.807) is 0 Å². The summed E-state index contributed by atoms with van der Waals surface area (Å²) in [6, 6.07) is 72.5. The Morgan fingerprint density at radius 2 is 1.05 bits per heavy atom. The van der Waals surface area contributed by atoms with E-state index in [0.717, 1.165) is 40.2 Å². The maximum atomic E-state index is 5.08. The number of para-hydroxylation sites is 1. The lowest BCUT2D eigenvalue weighted by Crippen LogP contribution is -2.12. The molecule has 0 saturated carbocycles. The first-order chi connectivity index (χ1) is 28.2. The van der Waals surface area contributed by atoms with Gasteiger partial charge in [-0.25, -0.2) is 9.98 Å². The zero-order valence-electron chi connectivity index (χ0n) is 31.5. The number of aliphatic imine (C=N–C) groups is 3. The Morgan fingerprint density at radius 1 is 0.474 bits per heavy atom. The number of amidine groups is 2. The Bertz CT molecular complexity index is 2720. The van der Waals surface area contributed by atoms with Gasteiger partial charge < -0.3 is 4.90 Å². The fourth-order valence-electron chi connectivity index (χ4n) is 7.77. The zero-order valence-corrected chi connectivity index (χ0v) is 31.5. The van der Waals surface area contributed by atoms with E-state index >= 15 is 0 Å². The lowest BCUT2D eigenvalue weighted by atomic mass is 9.98. The van der Waals surface area contributed by atoms with Gasteiger partial charge in [0.1, 0.15) is 0 Å². The van der Waals surface area contributed by atoms with Crippen LogP contribution in [0.3, 0.4) is 0 Å². The van der Waals surface area contributed by atoms with Gasteiger partial charge in [0.05, 0.1) is 17.9 Å². The molecule has 4 nitrogen and oxygen atoms in total. The summed E-state index contributed by atoms with van der Waals surface area (Å²) in [5.41, 5.74) is 16.2. The first-order valence-corrected chi connectivity index (χ1v) is 19.3. The summed E-state index contributed by atoms with van der Waals surface area (Å²) in [5.74, 6) is 1.17. The fourth-order valence-corrected chi connectivity index (χ4v) is 7.77. The molecule has 0 saturated heterocycles. The van der Waals surface area contributed by atoms with E-state index in [1.165, 1.54) is 44.5 Å². The zero-order chi connectivity index (χ0) is 38.4. The average Bonchev–Trinajstić information content (AvgIpc) is 3.67. The van der Waals surface area contributed by atoms with Gasteiger partial charge in [0.15, 0.2) is 11.7 Å². The summed E-state index contributed by atoms with van der Waals surface area (Å²) in [5, 5.41) is 0. The van der Waals surface area contributed by atoms with Crippen LogP contribution in [-0.4, -0.2) is 18.4 Å². The van der Waals surface area contributed by atoms with E-state index in [9.17, 15) is 0 Å². The first kappa shape index (κ1) is 35.3. The van der Waals surface area contributed by atoms with E-state index in [2.05, 4.69) is 162 Å². The molecule has 0 unspecified atom stereocenters. The number of fused-ring (bicyclic) bond motifs is 3. The van der Waals surface area contributed by atoms with Crippen LogP contribution in [0.25, 0.3) is 33.4 Å². The lowest BCUT2D eigenvalue weighted by molar-refractivity contribution is 1.05. The van der Waals surface area contributed by atoms with Crippen molar-refractivity contribution in [3.05, 3.63) is 234 Å². The average molecular weight is 733 g/mol. The Hall–Kier alpha value is -7.43. The van der Waals surface area contributed by atoms with Gasteiger partial charge in [-0.2, -0.15) is 0 Å². The molecule has 0 aromatic heterocycles. The molecule has 0 bridgehead atoms. The lowest BCUT2D eigenvalue weighted by Gasteiger charge is -2.30. The molecule has 8 aromatic rings. The van der Waals surface area contributed by atoms with Gasteiger partial charge in [0, 0.05) is 27.9 Å². The Morgan fingerprint density at radius 3 is 1.74 bits per heavy atom. The third-order valence-corrected chi connectivity index (χ3v) is 10.5. The van der Waals surface area contributed by atoms with Crippen LogP contribution in [0.4, 0.5) is 17.1 Å². The standard InChI is InChI=1S/C53H40N4/c1-54-52(42-21-10-4-11-22-42)56-53(43-23-12-5-13-24-43)55-37-38-29-34-48-45(35-38)36-44-25-16-28-50(51(44)48)57(46-32-30-40(31-33-46)39-17-6-2-7-18-39)49-27-15-14-26-47(49)41-19-8-3-9-20-41/h2-35H,1,36-37H2/b55-53-,56-52-. The molecule has 0 N–H and O–H groups in total. The van der Waals surface area contributed by atoms with Gasteiger partial charge in [-0.1, -0.05) is 182 Å². The summed E-state index contributed by atoms with van der Waals surface area (Å²) in [6.45, 7) is 4.30. The van der Waals surface area contributed by atoms with Crippen LogP contribution in [0.15, 0.2) is 221 Å². The molecule has 1 aliphatic rings. The minimum Gasteiger partial charge on any atom is -0.309 e. The van der Waals surface area contributed by atoms with Gasteiger partial charge in [-0.15, -0.1) is 0 Å². The quantitative estimate of drug-likeness (QED) is 0.108. The molecular weight excluding hydrogens is 693 g/mol. The minimum atomic E-state index is 0.480. The van der Waals surface area contributed by atoms with E-state index in [0.29, 0.717) is 18.2 Å². The van der Waals surface area contributed by atoms with Crippen molar-refractivity contribution >= 4 is 35.5 Å². The molecule has 0 heterocycles. The van der Waals surface area contributed by atoms with Crippen molar-refractivity contribution in [2.45, 2.75) is 13.0 Å². The van der Waals surface area contributed by atoms with Crippen molar-refractivity contribution in [2.75, 3.05) is 4.90 Å². The van der Waals surface area contributed by atoms with E-state index < -0.39 is 0 Å². The van der Waals surface area contributed by atoms with Crippen molar-refractivity contribution in [3.8, 4) is 33.4 Å². The highest BCUT2D eigenvalue weighted by Gasteiger charge is 2.27. The number of rotatable bonds is 9. The summed E-state index contributed by atoms with van der Waals surface area (Å²) in [6.07, 6.45) is 0.847. The van der Waals surface area contributed by atoms with Crippen LogP contribution < -0.4 is 4.90 Å². The van der Waals surface area contributed by atoms with Crippen molar-refractivity contribution in [3.63, 3.8) is 0 Å². The van der Waals surface area contributed by atoms with E-state index in [-0.39, 0.29) is 0 Å². The van der Waals surface area contributed by atoms with Crippen LogP contribution in [0.2, 0.25) is 0 Å². The van der Waals surface area contributed by atoms with Gasteiger partial charge in [0.2, 0.25) is 0 Å². The third-order valence-electron chi connectivity index (χ3n) is 10.5. The van der Waals surface area contributed by atoms with E-state index in [4.69, 9.17) is 9.98 Å². The smallest absolute Gasteiger partial charge is 0.161 e. The molecule has 1 aliphatic carbocycles. The molecule has 272 valence electrons. The molecule has 0 amide bonds. The SMILES string of the molecule is C=N/C(=N\C(=N/Cc1ccc2c(c1)Cc1cccc(N(c3ccc(-c4ccccc4)cc3)c3ccccc3-c3ccccc3)c1-2)c1ccccc1)c1ccccc1. The van der Waals surface area contributed by atoms with Crippen LogP contribution >= 0.6 is 0 Å². The number of hydrogen-bond donors (Lipinski definition) is 0. The number of hydrogen-bond acceptors (Lipinski definition) is 2. The molecule has 9 rings (SSSR count). The molecule has 0 aliphatic heterocycles. The summed E-state index contributed by atoms with van der Waals surface area (Å²) in [7, 11) is 0. The second-order valence-electron chi connectivity index (χ2n) is 14.1. The highest BCUT2D eigenvalue weighted by molar-refractivity contribution is 6.12. The second-order valence-corrected chi connectivity index (χ2v) is 14.1. The van der Waals surface area contributed by atoms with Gasteiger partial charge in [-0.05, 0) is 76.3 Å². The molecule has 0 radical (unpaired) electrons. The molecule has 0 spiro atoms. The van der Waals surface area contributed by atoms with Crippen molar-refractivity contribution in [1.29, 1.82) is 0 Å². The monoisotopic (exact) mass is 732 g/mol. The minimum absolute atomic E-state index is 0.480. The van der Waals surface area contributed by atoms with E-state index in [1.807, 2.05) is 60.7 Å². The second kappa shape index (κ2) is 16.1. The van der Waals surface area contributed by atoms with Crippen molar-refractivity contribution in [2.24, 2.45) is 15.0 Å². The molecule has 4 heteroatoms. The highest BCUT2D eigenvalue weighted by Crippen LogP contribution is 2.49. The number of anilines is 3. The molecule has 8 aromatic carbocycles. The Kier molecular flexibility index (Phi) is 9.98. The highest BCUT2D eigenvalue weighted by atomic mass is 15.1. The van der Waals surface area contributed by atoms with Gasteiger partial charge in [0.25, 0.3) is 0 Å². The molecule has 0 atom stereocenters. The summed E-state index contributed by atoms with van der Waals surface area (Å²) in [4.78, 5) is 16.7. The van der Waals surface area contributed by atoms with Gasteiger partial charge >= 0.3 is 0 Å². The predicted octanol–water partition coefficient (Wildman–Crippen LogP) is 13.2. The summed E-state index contributed by atoms with van der Waals surface area (Å²) >= 11 is 0. The topological polar surface area (TPSA) is 40.3 Å². The van der Waals surface area contributed by atoms with Crippen LogP contribution in [0.5, 0.6) is 0 Å². The molecular formula is C53H40N4. The van der Waals surface area contributed by atoms with Gasteiger partial charge in [-0.3, -0.25) is 4.99 Å². The fraction of sp³-hybridized carbons (Fsp3) is 0.0377. The molecule has 57 heavy (non-hydrogen) atoms. The maximum absolute atomic E-state index is 5.08. The predicted molar refractivity (Wildman–Crippen MR) is 239 cm³/mol. The Balaban J connectivity index is 1.12. The largest absolute Gasteiger partial charge is 0.309 e. The van der Waals surface area contributed by atoms with Crippen molar-refractivity contribution in [1.82, 2.24) is 0 Å². The van der Waals surface area contributed by atoms with Crippen LogP contribution in [0.1, 0.15) is 27.8 Å². The Labute approximate surface area is 334 Å². The maximum Gasteiger partial charge on any atom is 0.161 e. The number of nitrogens with zero attached hydrogens (tertiary/aromatic N) is 4. The summed E-state index contributed by atoms with van der Waals surface area (Å²) < 4.78 is 0. The number of benzene rings is 8. The van der Waals surface area contributed by atoms with Crippen LogP contribution in [-0.2, 0) is 13.0 Å². The first-order valence-electron chi connectivity index (χ1n) is 19.3. The van der Waals surface area contributed by atoms with Crippen LogP contribution in [0, 0.1) is 0 Å². The molecule has 0 fully saturated rings. The third kappa shape index (κ3) is 7.37. The normalized spacial score (nSPS) is 12.1. The van der Waals surface area contributed by atoms with Crippen molar-refractivity contribution < 1.29 is 0 Å².